The number of ether oxygens (including phenoxy) is 1. The Morgan fingerprint density at radius 1 is 0.950 bits per heavy atom. The van der Waals surface area contributed by atoms with Gasteiger partial charge in [0.15, 0.2) is 0 Å². The van der Waals surface area contributed by atoms with Crippen LogP contribution < -0.4 is 4.72 Å². The van der Waals surface area contributed by atoms with Crippen molar-refractivity contribution in [3.8, 4) is 0 Å². The van der Waals surface area contributed by atoms with Gasteiger partial charge in [0, 0.05) is 13.2 Å². The Labute approximate surface area is 122 Å². The van der Waals surface area contributed by atoms with E-state index in [2.05, 4.69) is 4.72 Å². The minimum absolute atomic E-state index is 0.259. The average molecular weight is 299 g/mol. The van der Waals surface area contributed by atoms with E-state index < -0.39 is 10.0 Å². The van der Waals surface area contributed by atoms with Gasteiger partial charge in [0.25, 0.3) is 0 Å². The summed E-state index contributed by atoms with van der Waals surface area (Å²) in [7, 11) is -1.98. The highest BCUT2D eigenvalue weighted by molar-refractivity contribution is 7.89. The van der Waals surface area contributed by atoms with Gasteiger partial charge in [-0.25, -0.2) is 13.1 Å². The molecule has 1 unspecified atom stereocenters. The van der Waals surface area contributed by atoms with Crippen molar-refractivity contribution in [1.29, 1.82) is 0 Å². The van der Waals surface area contributed by atoms with Crippen molar-refractivity contribution in [3.63, 3.8) is 0 Å². The number of nitrogens with one attached hydrogen (secondary N) is 1. The SMILES string of the molecule is COCC(C)NS(=O)(=O)c1c(C)c(C)c(C)c(C)c1C. The highest BCUT2D eigenvalue weighted by atomic mass is 32.2. The number of sulfonamides is 1. The van der Waals surface area contributed by atoms with Gasteiger partial charge in [-0.05, 0) is 69.4 Å². The fourth-order valence-corrected chi connectivity index (χ4v) is 4.30. The minimum Gasteiger partial charge on any atom is -0.383 e. The number of hydrogen-bond acceptors (Lipinski definition) is 3. The van der Waals surface area contributed by atoms with E-state index in [0.29, 0.717) is 11.5 Å². The highest BCUT2D eigenvalue weighted by Crippen LogP contribution is 2.29. The maximum absolute atomic E-state index is 12.6. The molecule has 114 valence electrons. The van der Waals surface area contributed by atoms with Crippen LogP contribution in [0.2, 0.25) is 0 Å². The number of methoxy groups -OCH3 is 1. The van der Waals surface area contributed by atoms with Crippen LogP contribution in [0.1, 0.15) is 34.7 Å². The fourth-order valence-electron chi connectivity index (χ4n) is 2.48. The Balaban J connectivity index is 3.40. The zero-order chi connectivity index (χ0) is 15.7. The molecule has 1 aromatic carbocycles. The normalized spacial score (nSPS) is 13.6. The fraction of sp³-hybridized carbons (Fsp3) is 0.600. The standard InChI is InChI=1S/C15H25NO3S/c1-9(8-19-7)16-20(17,18)15-13(5)11(3)10(2)12(4)14(15)6/h9,16H,8H2,1-7H3. The van der Waals surface area contributed by atoms with Crippen molar-refractivity contribution in [1.82, 2.24) is 4.72 Å². The van der Waals surface area contributed by atoms with Crippen LogP contribution in [0.25, 0.3) is 0 Å². The van der Waals surface area contributed by atoms with E-state index in [1.807, 2.05) is 34.6 Å². The molecule has 20 heavy (non-hydrogen) atoms. The lowest BCUT2D eigenvalue weighted by Gasteiger charge is -2.20. The van der Waals surface area contributed by atoms with Crippen molar-refractivity contribution in [2.45, 2.75) is 52.5 Å². The highest BCUT2D eigenvalue weighted by Gasteiger charge is 2.24. The van der Waals surface area contributed by atoms with Crippen molar-refractivity contribution in [2.24, 2.45) is 0 Å². The van der Waals surface area contributed by atoms with Gasteiger partial charge in [-0.2, -0.15) is 0 Å². The molecular formula is C15H25NO3S. The molecule has 5 heteroatoms. The van der Waals surface area contributed by atoms with E-state index in [9.17, 15) is 8.42 Å². The molecule has 1 rings (SSSR count). The van der Waals surface area contributed by atoms with Crippen molar-refractivity contribution in [3.05, 3.63) is 27.8 Å². The smallest absolute Gasteiger partial charge is 0.241 e. The number of rotatable bonds is 5. The number of hydrogen-bond donors (Lipinski definition) is 1. The van der Waals surface area contributed by atoms with E-state index in [0.717, 1.165) is 27.8 Å². The van der Waals surface area contributed by atoms with E-state index in [1.165, 1.54) is 0 Å². The van der Waals surface area contributed by atoms with Crippen molar-refractivity contribution < 1.29 is 13.2 Å². The second kappa shape index (κ2) is 6.24. The predicted octanol–water partition coefficient (Wildman–Crippen LogP) is 2.54. The van der Waals surface area contributed by atoms with Gasteiger partial charge in [0.05, 0.1) is 11.5 Å². The Kier molecular flexibility index (Phi) is 5.35. The third-order valence-electron chi connectivity index (χ3n) is 3.97. The molecule has 0 saturated carbocycles. The summed E-state index contributed by atoms with van der Waals surface area (Å²) in [6, 6.07) is -0.259. The molecule has 0 spiro atoms. The van der Waals surface area contributed by atoms with Crippen LogP contribution in [-0.4, -0.2) is 28.2 Å². The molecular weight excluding hydrogens is 274 g/mol. The van der Waals surface area contributed by atoms with Crippen molar-refractivity contribution in [2.75, 3.05) is 13.7 Å². The molecule has 0 aliphatic heterocycles. The first-order chi connectivity index (χ1) is 9.13. The molecule has 0 amide bonds. The van der Waals surface area contributed by atoms with Gasteiger partial charge in [0.1, 0.15) is 0 Å². The van der Waals surface area contributed by atoms with Crippen molar-refractivity contribution >= 4 is 10.0 Å². The lowest BCUT2D eigenvalue weighted by atomic mass is 9.95. The van der Waals surface area contributed by atoms with Crippen LogP contribution >= 0.6 is 0 Å². The summed E-state index contributed by atoms with van der Waals surface area (Å²) in [5.74, 6) is 0. The van der Waals surface area contributed by atoms with E-state index in [-0.39, 0.29) is 6.04 Å². The lowest BCUT2D eigenvalue weighted by Crippen LogP contribution is -2.36. The molecule has 0 bridgehead atoms. The Hall–Kier alpha value is -0.910. The molecule has 0 fully saturated rings. The zero-order valence-corrected chi connectivity index (χ0v) is 14.2. The van der Waals surface area contributed by atoms with Gasteiger partial charge in [0.2, 0.25) is 10.0 Å². The summed E-state index contributed by atoms with van der Waals surface area (Å²) in [6.45, 7) is 11.8. The first-order valence-electron chi connectivity index (χ1n) is 6.71. The first kappa shape index (κ1) is 17.1. The van der Waals surface area contributed by atoms with Crippen LogP contribution in [0, 0.1) is 34.6 Å². The second-order valence-electron chi connectivity index (χ2n) is 5.43. The Morgan fingerprint density at radius 2 is 1.35 bits per heavy atom. The molecule has 1 aromatic rings. The van der Waals surface area contributed by atoms with Gasteiger partial charge in [-0.15, -0.1) is 0 Å². The van der Waals surface area contributed by atoms with Crippen LogP contribution in [-0.2, 0) is 14.8 Å². The van der Waals surface area contributed by atoms with Crippen LogP contribution in [0.4, 0.5) is 0 Å². The van der Waals surface area contributed by atoms with Gasteiger partial charge in [-0.3, -0.25) is 0 Å². The summed E-state index contributed by atoms with van der Waals surface area (Å²) in [6.07, 6.45) is 0. The maximum atomic E-state index is 12.6. The molecule has 0 aliphatic carbocycles. The van der Waals surface area contributed by atoms with Crippen LogP contribution in [0.3, 0.4) is 0 Å². The largest absolute Gasteiger partial charge is 0.383 e. The number of benzene rings is 1. The van der Waals surface area contributed by atoms with Gasteiger partial charge >= 0.3 is 0 Å². The molecule has 0 aromatic heterocycles. The summed E-state index contributed by atoms with van der Waals surface area (Å²) in [5.41, 5.74) is 4.87. The summed E-state index contributed by atoms with van der Waals surface area (Å²) in [5, 5.41) is 0. The molecule has 0 radical (unpaired) electrons. The van der Waals surface area contributed by atoms with E-state index in [4.69, 9.17) is 4.74 Å². The molecule has 1 N–H and O–H groups in total. The third kappa shape index (κ3) is 3.22. The quantitative estimate of drug-likeness (QED) is 0.909. The average Bonchev–Trinajstić information content (AvgIpc) is 2.33. The van der Waals surface area contributed by atoms with Gasteiger partial charge in [-0.1, -0.05) is 0 Å². The molecule has 0 aliphatic rings. The minimum atomic E-state index is -3.53. The predicted molar refractivity (Wildman–Crippen MR) is 81.8 cm³/mol. The molecule has 0 saturated heterocycles. The summed E-state index contributed by atoms with van der Waals surface area (Å²) < 4.78 is 32.9. The Morgan fingerprint density at radius 3 is 1.75 bits per heavy atom. The summed E-state index contributed by atoms with van der Waals surface area (Å²) >= 11 is 0. The van der Waals surface area contributed by atoms with Crippen LogP contribution in [0.15, 0.2) is 4.90 Å². The zero-order valence-electron chi connectivity index (χ0n) is 13.4. The molecule has 1 atom stereocenters. The molecule has 4 nitrogen and oxygen atoms in total. The first-order valence-corrected chi connectivity index (χ1v) is 8.20. The second-order valence-corrected chi connectivity index (χ2v) is 7.08. The van der Waals surface area contributed by atoms with E-state index in [1.54, 1.807) is 14.0 Å². The van der Waals surface area contributed by atoms with E-state index >= 15 is 0 Å². The maximum Gasteiger partial charge on any atom is 0.241 e. The van der Waals surface area contributed by atoms with Gasteiger partial charge < -0.3 is 4.74 Å². The Bertz CT molecular complexity index is 577. The summed E-state index contributed by atoms with van der Waals surface area (Å²) in [4.78, 5) is 0.404. The third-order valence-corrected chi connectivity index (χ3v) is 5.84. The monoisotopic (exact) mass is 299 g/mol. The molecule has 0 heterocycles. The lowest BCUT2D eigenvalue weighted by molar-refractivity contribution is 0.180. The van der Waals surface area contributed by atoms with Crippen LogP contribution in [0.5, 0.6) is 0 Å². The topological polar surface area (TPSA) is 55.4 Å².